The van der Waals surface area contributed by atoms with Gasteiger partial charge < -0.3 is 20.1 Å². The van der Waals surface area contributed by atoms with Crippen molar-refractivity contribution >= 4 is 12.1 Å². The summed E-state index contributed by atoms with van der Waals surface area (Å²) in [6.45, 7) is 1.13. The minimum absolute atomic E-state index is 1.13. The molecule has 6 heteroatoms. The molecule has 0 saturated carbocycles. The van der Waals surface area contributed by atoms with E-state index < -0.39 is 24.3 Å². The van der Waals surface area contributed by atoms with Crippen LogP contribution in [0.3, 0.4) is 0 Å². The van der Waals surface area contributed by atoms with Gasteiger partial charge in [-0.3, -0.25) is 0 Å². The summed E-state index contributed by atoms with van der Waals surface area (Å²) in [7, 11) is 0. The zero-order chi connectivity index (χ0) is 9.02. The Labute approximate surface area is 62.0 Å². The molecule has 0 saturated heterocycles. The highest BCUT2D eigenvalue weighted by atomic mass is 16.7. The average molecular weight is 164 g/mol. The monoisotopic (exact) mass is 164 g/mol. The molecule has 6 nitrogen and oxygen atoms in total. The number of hydrogen-bond acceptors (Lipinski definition) is 5. The summed E-state index contributed by atoms with van der Waals surface area (Å²) >= 11 is 0. The van der Waals surface area contributed by atoms with Crippen LogP contribution in [0.5, 0.6) is 0 Å². The number of hydrogen-bond donors (Lipinski definition) is 3. The molecule has 64 valence electrons. The van der Waals surface area contributed by atoms with Crippen molar-refractivity contribution in [2.45, 2.75) is 19.1 Å². The Hall–Kier alpha value is -1.14. The molecule has 0 aromatic carbocycles. The first-order valence-electron chi connectivity index (χ1n) is 2.76. The van der Waals surface area contributed by atoms with Gasteiger partial charge in [-0.2, -0.15) is 0 Å². The average Bonchev–Trinajstić information content (AvgIpc) is 1.84. The number of esters is 1. The van der Waals surface area contributed by atoms with Gasteiger partial charge in [0.1, 0.15) is 0 Å². The lowest BCUT2D eigenvalue weighted by Gasteiger charge is -2.09. The number of ether oxygens (including phenoxy) is 1. The minimum atomic E-state index is -1.81. The molecule has 2 unspecified atom stereocenters. The van der Waals surface area contributed by atoms with Crippen molar-refractivity contribution in [2.24, 2.45) is 0 Å². The van der Waals surface area contributed by atoms with Gasteiger partial charge in [0, 0.05) is 0 Å². The summed E-state index contributed by atoms with van der Waals surface area (Å²) in [5.41, 5.74) is 0. The number of carboxylic acid groups (broad SMARTS) is 1. The van der Waals surface area contributed by atoms with Gasteiger partial charge in [-0.1, -0.05) is 0 Å². The number of carbonyl (C=O) groups excluding carboxylic acids is 1. The molecule has 2 atom stereocenters. The lowest BCUT2D eigenvalue weighted by atomic mass is 10.2. The SMILES string of the molecule is CC(O)C(O)C(=O)OC(=O)O. The maximum atomic E-state index is 10.4. The molecule has 3 N–H and O–H groups in total. The topological polar surface area (TPSA) is 104 Å². The van der Waals surface area contributed by atoms with Crippen LogP contribution >= 0.6 is 0 Å². The normalized spacial score (nSPS) is 15.2. The first-order valence-corrected chi connectivity index (χ1v) is 2.76. The quantitative estimate of drug-likeness (QED) is 0.355. The molecule has 11 heavy (non-hydrogen) atoms. The highest BCUT2D eigenvalue weighted by Gasteiger charge is 2.24. The van der Waals surface area contributed by atoms with E-state index in [2.05, 4.69) is 4.74 Å². The first kappa shape index (κ1) is 9.86. The number of aliphatic hydroxyl groups excluding tert-OH is 2. The largest absolute Gasteiger partial charge is 0.513 e. The highest BCUT2D eigenvalue weighted by Crippen LogP contribution is 1.95. The van der Waals surface area contributed by atoms with Crippen LogP contribution in [0, 0.1) is 0 Å². The summed E-state index contributed by atoms with van der Waals surface area (Å²) in [5.74, 6) is -1.38. The van der Waals surface area contributed by atoms with E-state index in [4.69, 9.17) is 15.3 Å². The van der Waals surface area contributed by atoms with Crippen LogP contribution < -0.4 is 0 Å². The Morgan fingerprint density at radius 3 is 2.09 bits per heavy atom. The van der Waals surface area contributed by atoms with E-state index in [9.17, 15) is 9.59 Å². The smallest absolute Gasteiger partial charge is 0.449 e. The molecule has 0 aliphatic rings. The molecule has 0 rings (SSSR count). The molecule has 0 aromatic heterocycles. The third-order valence-corrected chi connectivity index (χ3v) is 0.886. The predicted octanol–water partition coefficient (Wildman–Crippen LogP) is -1.05. The Morgan fingerprint density at radius 2 is 1.82 bits per heavy atom. The van der Waals surface area contributed by atoms with E-state index in [0.717, 1.165) is 6.92 Å². The molecule has 0 aliphatic carbocycles. The molecule has 0 spiro atoms. The Bertz CT molecular complexity index is 162. The van der Waals surface area contributed by atoms with Crippen LogP contribution in [-0.4, -0.2) is 39.7 Å². The molecule has 0 aliphatic heterocycles. The Kier molecular flexibility index (Phi) is 3.49. The van der Waals surface area contributed by atoms with Crippen molar-refractivity contribution in [3.8, 4) is 0 Å². The molecule has 0 bridgehead atoms. The van der Waals surface area contributed by atoms with E-state index in [1.165, 1.54) is 0 Å². The molecular formula is C5H8O6. The van der Waals surface area contributed by atoms with Gasteiger partial charge >= 0.3 is 12.1 Å². The molecule has 0 fully saturated rings. The number of aliphatic hydroxyl groups is 2. The number of carbonyl (C=O) groups is 2. The van der Waals surface area contributed by atoms with Crippen LogP contribution in [0.25, 0.3) is 0 Å². The van der Waals surface area contributed by atoms with E-state index in [-0.39, 0.29) is 0 Å². The molecule has 0 amide bonds. The summed E-state index contributed by atoms with van der Waals surface area (Å²) in [4.78, 5) is 20.1. The predicted molar refractivity (Wildman–Crippen MR) is 31.8 cm³/mol. The van der Waals surface area contributed by atoms with Crippen LogP contribution in [0.2, 0.25) is 0 Å². The zero-order valence-corrected chi connectivity index (χ0v) is 5.72. The first-order chi connectivity index (χ1) is 4.95. The lowest BCUT2D eigenvalue weighted by molar-refractivity contribution is -0.153. The number of rotatable bonds is 2. The molecular weight excluding hydrogens is 156 g/mol. The van der Waals surface area contributed by atoms with Crippen molar-refractivity contribution in [2.75, 3.05) is 0 Å². The maximum absolute atomic E-state index is 10.4. The van der Waals surface area contributed by atoms with Gasteiger partial charge in [0.15, 0.2) is 6.10 Å². The second kappa shape index (κ2) is 3.89. The van der Waals surface area contributed by atoms with Gasteiger partial charge in [-0.05, 0) is 6.92 Å². The van der Waals surface area contributed by atoms with Crippen molar-refractivity contribution in [1.29, 1.82) is 0 Å². The second-order valence-electron chi connectivity index (χ2n) is 1.87. The van der Waals surface area contributed by atoms with Gasteiger partial charge in [0.2, 0.25) is 0 Å². The third kappa shape index (κ3) is 3.54. The van der Waals surface area contributed by atoms with E-state index in [1.807, 2.05) is 0 Å². The van der Waals surface area contributed by atoms with Crippen molar-refractivity contribution < 1.29 is 29.6 Å². The van der Waals surface area contributed by atoms with Crippen molar-refractivity contribution in [1.82, 2.24) is 0 Å². The lowest BCUT2D eigenvalue weighted by Crippen LogP contribution is -2.34. The minimum Gasteiger partial charge on any atom is -0.449 e. The zero-order valence-electron chi connectivity index (χ0n) is 5.72. The van der Waals surface area contributed by atoms with E-state index in [0.29, 0.717) is 0 Å². The second-order valence-corrected chi connectivity index (χ2v) is 1.87. The fraction of sp³-hybridized carbons (Fsp3) is 0.600. The standard InChI is InChI=1S/C5H8O6/c1-2(6)3(7)4(8)11-5(9)10/h2-3,6-7H,1H3,(H,9,10). The van der Waals surface area contributed by atoms with Crippen molar-refractivity contribution in [3.63, 3.8) is 0 Å². The highest BCUT2D eigenvalue weighted by molar-refractivity contribution is 5.84. The van der Waals surface area contributed by atoms with Crippen LogP contribution in [0.4, 0.5) is 4.79 Å². The van der Waals surface area contributed by atoms with Gasteiger partial charge in [-0.25, -0.2) is 9.59 Å². The Balaban J connectivity index is 3.93. The molecule has 0 aromatic rings. The summed E-state index contributed by atoms with van der Waals surface area (Å²) in [6.07, 6.45) is -4.97. The fourth-order valence-electron chi connectivity index (χ4n) is 0.343. The molecule has 0 radical (unpaired) electrons. The van der Waals surface area contributed by atoms with Crippen molar-refractivity contribution in [3.05, 3.63) is 0 Å². The third-order valence-electron chi connectivity index (χ3n) is 0.886. The van der Waals surface area contributed by atoms with Crippen LogP contribution in [-0.2, 0) is 9.53 Å². The van der Waals surface area contributed by atoms with Gasteiger partial charge in [-0.15, -0.1) is 0 Å². The molecule has 0 heterocycles. The summed E-state index contributed by atoms with van der Waals surface area (Å²) in [5, 5.41) is 25.1. The van der Waals surface area contributed by atoms with Crippen LogP contribution in [0.1, 0.15) is 6.92 Å². The summed E-state index contributed by atoms with van der Waals surface area (Å²) in [6, 6.07) is 0. The van der Waals surface area contributed by atoms with Crippen LogP contribution in [0.15, 0.2) is 0 Å². The van der Waals surface area contributed by atoms with Gasteiger partial charge in [0.25, 0.3) is 0 Å². The summed E-state index contributed by atoms with van der Waals surface area (Å²) < 4.78 is 3.54. The fourth-order valence-corrected chi connectivity index (χ4v) is 0.343. The van der Waals surface area contributed by atoms with Gasteiger partial charge in [0.05, 0.1) is 6.10 Å². The maximum Gasteiger partial charge on any atom is 0.513 e. The van der Waals surface area contributed by atoms with E-state index >= 15 is 0 Å². The van der Waals surface area contributed by atoms with E-state index in [1.54, 1.807) is 0 Å². The Morgan fingerprint density at radius 1 is 1.36 bits per heavy atom.